The van der Waals surface area contributed by atoms with Crippen LogP contribution >= 0.6 is 11.8 Å². The van der Waals surface area contributed by atoms with Gasteiger partial charge in [-0.25, -0.2) is 0 Å². The highest BCUT2D eigenvalue weighted by atomic mass is 32.2. The molecule has 1 aliphatic carbocycles. The maximum Gasteiger partial charge on any atom is 0.254 e. The van der Waals surface area contributed by atoms with Gasteiger partial charge in [0, 0.05) is 75.3 Å². The molecule has 1 N–H and O–H groups in total. The molecule has 4 rings (SSSR count). The van der Waals surface area contributed by atoms with Crippen LogP contribution in [0.2, 0.25) is 0 Å². The lowest BCUT2D eigenvalue weighted by atomic mass is 10.0. The van der Waals surface area contributed by atoms with E-state index in [4.69, 9.17) is 0 Å². The first kappa shape index (κ1) is 40.6. The van der Waals surface area contributed by atoms with Crippen LogP contribution < -0.4 is 5.32 Å². The lowest BCUT2D eigenvalue weighted by Crippen LogP contribution is -2.37. The molecule has 3 amide bonds. The Morgan fingerprint density at radius 3 is 2.21 bits per heavy atom. The molecule has 1 saturated heterocycles. The number of benzene rings is 1. The van der Waals surface area contributed by atoms with Gasteiger partial charge in [-0.15, -0.1) is 6.58 Å². The lowest BCUT2D eigenvalue weighted by molar-refractivity contribution is -0.130. The minimum atomic E-state index is -0.0338. The normalized spacial score (nSPS) is 15.3. The van der Waals surface area contributed by atoms with E-state index >= 15 is 0 Å². The number of nitrogens with zero attached hydrogens (tertiary/aromatic N) is 3. The van der Waals surface area contributed by atoms with E-state index < -0.39 is 0 Å². The standard InChI is InChI=1S/C33H42N4O3S.C5H10.C2H6/c1-3-4-15-34-24-29-22-27(10-14-32(39)35-18-20-41-21-19-35)9-13-31(23-29)37(26(2)38)25-28-7-11-30(12-8-28)33(40)36-16-5-6-17-36;1-4-5(2)3;1-2/h3,5-9,11-13,22,34H,1,4,10,14-21,23-25H2,2H3;4H,1-3H3;1-2H3. The molecule has 1 aromatic carbocycles. The fourth-order valence-electron chi connectivity index (χ4n) is 5.16. The SMILES string of the molecule is C=CCCNCC1=CC(CCC(=O)N2CCSCC2)=CC=C(N(Cc2ccc(C(=O)N3CC=CC3)cc2)C(C)=O)C1.CC.CC=C(C)C. The predicted octanol–water partition coefficient (Wildman–Crippen LogP) is 7.71. The monoisotopic (exact) mass is 674 g/mol. The van der Waals surface area contributed by atoms with Crippen molar-refractivity contribution in [2.45, 2.75) is 73.8 Å². The molecule has 0 aromatic heterocycles. The van der Waals surface area contributed by atoms with Crippen molar-refractivity contribution in [2.24, 2.45) is 0 Å². The largest absolute Gasteiger partial charge is 0.341 e. The van der Waals surface area contributed by atoms with Crippen molar-refractivity contribution >= 4 is 29.5 Å². The Balaban J connectivity index is 0.00000105. The summed E-state index contributed by atoms with van der Waals surface area (Å²) >= 11 is 1.90. The maximum atomic E-state index is 12.9. The van der Waals surface area contributed by atoms with Crippen LogP contribution in [0.4, 0.5) is 0 Å². The van der Waals surface area contributed by atoms with Crippen molar-refractivity contribution < 1.29 is 14.4 Å². The topological polar surface area (TPSA) is 73.0 Å². The second-order valence-corrected chi connectivity index (χ2v) is 13.2. The Morgan fingerprint density at radius 1 is 0.979 bits per heavy atom. The average molecular weight is 675 g/mol. The Morgan fingerprint density at radius 2 is 1.62 bits per heavy atom. The van der Waals surface area contributed by atoms with E-state index in [0.717, 1.165) is 54.4 Å². The van der Waals surface area contributed by atoms with Gasteiger partial charge in [0.1, 0.15) is 0 Å². The summed E-state index contributed by atoms with van der Waals surface area (Å²) in [4.78, 5) is 44.0. The Bertz CT molecular complexity index is 1340. The molecule has 0 atom stereocenters. The highest BCUT2D eigenvalue weighted by molar-refractivity contribution is 7.99. The number of hydrogen-bond donors (Lipinski definition) is 1. The maximum absolute atomic E-state index is 12.9. The molecule has 1 fully saturated rings. The van der Waals surface area contributed by atoms with E-state index in [1.54, 1.807) is 11.8 Å². The summed E-state index contributed by atoms with van der Waals surface area (Å²) in [6.07, 6.45) is 16.9. The van der Waals surface area contributed by atoms with Crippen molar-refractivity contribution in [1.29, 1.82) is 0 Å². The van der Waals surface area contributed by atoms with E-state index in [0.29, 0.717) is 51.0 Å². The molecule has 7 nitrogen and oxygen atoms in total. The van der Waals surface area contributed by atoms with Crippen molar-refractivity contribution in [1.82, 2.24) is 20.0 Å². The molecule has 8 heteroatoms. The van der Waals surface area contributed by atoms with E-state index in [-0.39, 0.29) is 17.7 Å². The second-order valence-electron chi connectivity index (χ2n) is 12.0. The van der Waals surface area contributed by atoms with Crippen molar-refractivity contribution in [2.75, 3.05) is 50.8 Å². The third-order valence-corrected chi connectivity index (χ3v) is 9.05. The summed E-state index contributed by atoms with van der Waals surface area (Å²) in [7, 11) is 0. The van der Waals surface area contributed by atoms with Crippen LogP contribution in [0.3, 0.4) is 0 Å². The molecule has 2 aliphatic heterocycles. The number of carbonyl (C=O) groups excluding carboxylic acids is 3. The summed E-state index contributed by atoms with van der Waals surface area (Å²) in [5.74, 6) is 2.22. The van der Waals surface area contributed by atoms with Crippen LogP contribution in [-0.2, 0) is 16.1 Å². The Hall–Kier alpha value is -3.62. The number of rotatable bonds is 12. The van der Waals surface area contributed by atoms with Crippen LogP contribution in [-0.4, -0.2) is 83.2 Å². The first-order valence-corrected chi connectivity index (χ1v) is 18.5. The number of amides is 3. The fraction of sp³-hybridized carbons (Fsp3) is 0.475. The van der Waals surface area contributed by atoms with Gasteiger partial charge in [0.25, 0.3) is 5.91 Å². The Kier molecular flexibility index (Phi) is 19.3. The smallest absolute Gasteiger partial charge is 0.254 e. The van der Waals surface area contributed by atoms with Crippen molar-refractivity contribution in [3.05, 3.63) is 107 Å². The third-order valence-electron chi connectivity index (χ3n) is 8.11. The molecule has 0 unspecified atom stereocenters. The number of allylic oxidation sites excluding steroid dienone is 7. The van der Waals surface area contributed by atoms with Crippen LogP contribution in [0, 0.1) is 0 Å². The van der Waals surface area contributed by atoms with E-state index in [1.807, 2.05) is 90.9 Å². The van der Waals surface area contributed by atoms with Gasteiger partial charge < -0.3 is 20.0 Å². The number of carbonyl (C=O) groups is 3. The molecule has 3 aliphatic rings. The zero-order valence-corrected chi connectivity index (χ0v) is 31.0. The summed E-state index contributed by atoms with van der Waals surface area (Å²) in [6, 6.07) is 7.56. The minimum Gasteiger partial charge on any atom is -0.341 e. The molecule has 1 aromatic rings. The lowest BCUT2D eigenvalue weighted by Gasteiger charge is -2.26. The van der Waals surface area contributed by atoms with E-state index in [2.05, 4.69) is 44.0 Å². The molecule has 48 heavy (non-hydrogen) atoms. The van der Waals surface area contributed by atoms with Crippen LogP contribution in [0.1, 0.15) is 83.1 Å². The summed E-state index contributed by atoms with van der Waals surface area (Å²) in [5.41, 5.74) is 6.20. The zero-order chi connectivity index (χ0) is 35.3. The minimum absolute atomic E-state index is 0.0190. The van der Waals surface area contributed by atoms with Gasteiger partial charge in [-0.05, 0) is 69.5 Å². The molecule has 0 spiro atoms. The van der Waals surface area contributed by atoms with Gasteiger partial charge in [-0.1, -0.05) is 73.6 Å². The first-order valence-electron chi connectivity index (χ1n) is 17.4. The molecule has 2 heterocycles. The number of hydrogen-bond acceptors (Lipinski definition) is 5. The highest BCUT2D eigenvalue weighted by Crippen LogP contribution is 2.25. The van der Waals surface area contributed by atoms with Crippen LogP contribution in [0.5, 0.6) is 0 Å². The Labute approximate surface area is 294 Å². The summed E-state index contributed by atoms with van der Waals surface area (Å²) in [5, 5.41) is 3.48. The first-order chi connectivity index (χ1) is 23.2. The average Bonchev–Trinajstić information content (AvgIpc) is 3.58. The summed E-state index contributed by atoms with van der Waals surface area (Å²) < 4.78 is 0. The molecular weight excluding hydrogens is 617 g/mol. The van der Waals surface area contributed by atoms with Gasteiger partial charge in [0.2, 0.25) is 11.8 Å². The quantitative estimate of drug-likeness (QED) is 0.182. The molecule has 0 bridgehead atoms. The van der Waals surface area contributed by atoms with Crippen molar-refractivity contribution in [3.63, 3.8) is 0 Å². The van der Waals surface area contributed by atoms with Crippen LogP contribution in [0.15, 0.2) is 95.8 Å². The van der Waals surface area contributed by atoms with E-state index in [1.165, 1.54) is 11.1 Å². The van der Waals surface area contributed by atoms with Gasteiger partial charge in [0.15, 0.2) is 0 Å². The van der Waals surface area contributed by atoms with Crippen LogP contribution in [0.25, 0.3) is 0 Å². The number of nitrogens with one attached hydrogen (secondary N) is 1. The van der Waals surface area contributed by atoms with Crippen molar-refractivity contribution in [3.8, 4) is 0 Å². The molecule has 0 saturated carbocycles. The molecular formula is C40H58N4O3S. The number of thioether (sulfide) groups is 1. The van der Waals surface area contributed by atoms with Gasteiger partial charge in [-0.3, -0.25) is 14.4 Å². The molecule has 262 valence electrons. The van der Waals surface area contributed by atoms with E-state index in [9.17, 15) is 14.4 Å². The van der Waals surface area contributed by atoms with Gasteiger partial charge >= 0.3 is 0 Å². The second kappa shape index (κ2) is 22.9. The summed E-state index contributed by atoms with van der Waals surface area (Å²) in [6.45, 7) is 20.5. The third kappa shape index (κ3) is 14.2. The van der Waals surface area contributed by atoms with Gasteiger partial charge in [-0.2, -0.15) is 11.8 Å². The predicted molar refractivity (Wildman–Crippen MR) is 204 cm³/mol. The van der Waals surface area contributed by atoms with Gasteiger partial charge in [0.05, 0.1) is 6.54 Å². The molecule has 0 radical (unpaired) electrons. The zero-order valence-electron chi connectivity index (χ0n) is 30.2. The fourth-order valence-corrected chi connectivity index (χ4v) is 6.07. The highest BCUT2D eigenvalue weighted by Gasteiger charge is 2.21.